The highest BCUT2D eigenvalue weighted by Crippen LogP contribution is 2.21. The molecule has 2 heterocycles. The maximum atomic E-state index is 12.1. The molecule has 1 aromatic rings. The Morgan fingerprint density at radius 3 is 3.00 bits per heavy atom. The average molecular weight is 283 g/mol. The number of amides is 1. The fourth-order valence-electron chi connectivity index (χ4n) is 2.28. The molecule has 1 amide bonds. The minimum Gasteiger partial charge on any atom is -0.467 e. The Balaban J connectivity index is 1.94. The number of rotatable bonds is 4. The van der Waals surface area contributed by atoms with E-state index in [0.29, 0.717) is 12.8 Å². The van der Waals surface area contributed by atoms with Crippen LogP contribution in [0, 0.1) is 0 Å². The van der Waals surface area contributed by atoms with Gasteiger partial charge >= 0.3 is 5.97 Å². The number of esters is 1. The molecule has 0 bridgehead atoms. The maximum Gasteiger partial charge on any atom is 0.328 e. The number of hydrogen-bond acceptors (Lipinski definition) is 5. The Morgan fingerprint density at radius 1 is 1.58 bits per heavy atom. The molecular weight excluding hydrogens is 266 g/mol. The van der Waals surface area contributed by atoms with Crippen LogP contribution in [0.5, 0.6) is 0 Å². The third-order valence-corrected chi connectivity index (χ3v) is 4.17. The number of β-amino-alcohol motifs (C(OH)–C–C–N with tert-alkyl or cyclic N) is 1. The number of methoxy groups -OCH3 is 1. The summed E-state index contributed by atoms with van der Waals surface area (Å²) in [6.07, 6.45) is 0.629. The lowest BCUT2D eigenvalue weighted by Gasteiger charge is -2.22. The van der Waals surface area contributed by atoms with Gasteiger partial charge in [-0.2, -0.15) is 0 Å². The first-order valence-electron chi connectivity index (χ1n) is 6.19. The molecule has 1 aliphatic heterocycles. The van der Waals surface area contributed by atoms with Gasteiger partial charge in [0.05, 0.1) is 13.2 Å². The van der Waals surface area contributed by atoms with Crippen molar-refractivity contribution in [2.24, 2.45) is 0 Å². The number of thiophene rings is 1. The van der Waals surface area contributed by atoms with E-state index < -0.39 is 18.1 Å². The number of aliphatic hydroxyl groups excluding tert-OH is 1. The van der Waals surface area contributed by atoms with Gasteiger partial charge in [-0.3, -0.25) is 4.79 Å². The van der Waals surface area contributed by atoms with Gasteiger partial charge in [0, 0.05) is 24.3 Å². The molecule has 0 saturated carbocycles. The fourth-order valence-corrected chi connectivity index (χ4v) is 2.99. The SMILES string of the molecule is COC(=O)C1CC(O)CN1C(=O)CCc1cccs1. The predicted octanol–water partition coefficient (Wildman–Crippen LogP) is 0.815. The third-order valence-electron chi connectivity index (χ3n) is 3.24. The molecule has 0 aliphatic carbocycles. The lowest BCUT2D eigenvalue weighted by Crippen LogP contribution is -2.41. The summed E-state index contributed by atoms with van der Waals surface area (Å²) in [7, 11) is 1.29. The smallest absolute Gasteiger partial charge is 0.328 e. The first-order chi connectivity index (χ1) is 9.11. The lowest BCUT2D eigenvalue weighted by atomic mass is 10.2. The van der Waals surface area contributed by atoms with Crippen molar-refractivity contribution >= 4 is 23.2 Å². The molecule has 19 heavy (non-hydrogen) atoms. The van der Waals surface area contributed by atoms with Gasteiger partial charge in [0.1, 0.15) is 6.04 Å². The molecule has 0 spiro atoms. The van der Waals surface area contributed by atoms with E-state index in [-0.39, 0.29) is 18.9 Å². The van der Waals surface area contributed by atoms with E-state index in [1.54, 1.807) is 11.3 Å². The number of aryl methyl sites for hydroxylation is 1. The molecular formula is C13H17NO4S. The molecule has 2 rings (SSSR count). The topological polar surface area (TPSA) is 66.8 Å². The quantitative estimate of drug-likeness (QED) is 0.831. The molecule has 104 valence electrons. The summed E-state index contributed by atoms with van der Waals surface area (Å²) < 4.78 is 4.67. The van der Waals surface area contributed by atoms with Crippen LogP contribution < -0.4 is 0 Å². The fraction of sp³-hybridized carbons (Fsp3) is 0.538. The Kier molecular flexibility index (Phi) is 4.55. The van der Waals surface area contributed by atoms with Crippen molar-refractivity contribution in [3.8, 4) is 0 Å². The van der Waals surface area contributed by atoms with Crippen molar-refractivity contribution < 1.29 is 19.4 Å². The van der Waals surface area contributed by atoms with Gasteiger partial charge in [0.15, 0.2) is 0 Å². The zero-order valence-corrected chi connectivity index (χ0v) is 11.6. The standard InChI is InChI=1S/C13H17NO4S/c1-18-13(17)11-7-9(15)8-14(11)12(16)5-4-10-3-2-6-19-10/h2-3,6,9,11,15H,4-5,7-8H2,1H3. The van der Waals surface area contributed by atoms with Crippen molar-refractivity contribution in [3.63, 3.8) is 0 Å². The Labute approximate surface area is 115 Å². The van der Waals surface area contributed by atoms with E-state index in [1.807, 2.05) is 17.5 Å². The summed E-state index contributed by atoms with van der Waals surface area (Å²) in [4.78, 5) is 26.3. The summed E-state index contributed by atoms with van der Waals surface area (Å²) in [5.41, 5.74) is 0. The zero-order valence-electron chi connectivity index (χ0n) is 10.7. The van der Waals surface area contributed by atoms with Crippen molar-refractivity contribution in [2.45, 2.75) is 31.4 Å². The highest BCUT2D eigenvalue weighted by Gasteiger charge is 2.39. The Hall–Kier alpha value is -1.40. The van der Waals surface area contributed by atoms with Crippen molar-refractivity contribution in [3.05, 3.63) is 22.4 Å². The van der Waals surface area contributed by atoms with Gasteiger partial charge < -0.3 is 14.7 Å². The maximum absolute atomic E-state index is 12.1. The van der Waals surface area contributed by atoms with Crippen LogP contribution in [0.2, 0.25) is 0 Å². The van der Waals surface area contributed by atoms with Crippen LogP contribution >= 0.6 is 11.3 Å². The molecule has 2 unspecified atom stereocenters. The molecule has 0 radical (unpaired) electrons. The minimum absolute atomic E-state index is 0.111. The molecule has 2 atom stereocenters. The number of likely N-dealkylation sites (tertiary alicyclic amines) is 1. The first-order valence-corrected chi connectivity index (χ1v) is 7.07. The van der Waals surface area contributed by atoms with Crippen LogP contribution in [-0.2, 0) is 20.7 Å². The number of carbonyl (C=O) groups excluding carboxylic acids is 2. The second-order valence-electron chi connectivity index (χ2n) is 4.55. The van der Waals surface area contributed by atoms with Crippen LogP contribution in [0.1, 0.15) is 17.7 Å². The number of nitrogens with zero attached hydrogens (tertiary/aromatic N) is 1. The van der Waals surface area contributed by atoms with E-state index >= 15 is 0 Å². The second-order valence-corrected chi connectivity index (χ2v) is 5.59. The zero-order chi connectivity index (χ0) is 13.8. The summed E-state index contributed by atoms with van der Waals surface area (Å²) >= 11 is 1.61. The van der Waals surface area contributed by atoms with Crippen LogP contribution in [-0.4, -0.2) is 47.7 Å². The third kappa shape index (κ3) is 3.33. The van der Waals surface area contributed by atoms with Crippen molar-refractivity contribution in [1.82, 2.24) is 4.90 Å². The van der Waals surface area contributed by atoms with Gasteiger partial charge in [-0.1, -0.05) is 6.07 Å². The molecule has 1 saturated heterocycles. The summed E-state index contributed by atoms with van der Waals surface area (Å²) in [6, 6.07) is 3.28. The van der Waals surface area contributed by atoms with Gasteiger partial charge in [0.2, 0.25) is 5.91 Å². The highest BCUT2D eigenvalue weighted by atomic mass is 32.1. The summed E-state index contributed by atoms with van der Waals surface area (Å²) in [5.74, 6) is -0.568. The number of ether oxygens (including phenoxy) is 1. The van der Waals surface area contributed by atoms with Crippen molar-refractivity contribution in [2.75, 3.05) is 13.7 Å². The van der Waals surface area contributed by atoms with E-state index in [2.05, 4.69) is 4.74 Å². The summed E-state index contributed by atoms with van der Waals surface area (Å²) in [6.45, 7) is 0.211. The van der Waals surface area contributed by atoms with Crippen LogP contribution in [0.15, 0.2) is 17.5 Å². The molecule has 1 fully saturated rings. The molecule has 1 N–H and O–H groups in total. The Morgan fingerprint density at radius 2 is 2.37 bits per heavy atom. The normalized spacial score (nSPS) is 22.5. The molecule has 5 nitrogen and oxygen atoms in total. The predicted molar refractivity (Wildman–Crippen MR) is 70.8 cm³/mol. The van der Waals surface area contributed by atoms with E-state index in [4.69, 9.17) is 0 Å². The number of carbonyl (C=O) groups is 2. The average Bonchev–Trinajstić information content (AvgIpc) is 3.04. The second kappa shape index (κ2) is 6.16. The van der Waals surface area contributed by atoms with E-state index in [9.17, 15) is 14.7 Å². The molecule has 0 aromatic carbocycles. The molecule has 1 aromatic heterocycles. The van der Waals surface area contributed by atoms with E-state index in [0.717, 1.165) is 4.88 Å². The van der Waals surface area contributed by atoms with Gasteiger partial charge in [-0.25, -0.2) is 4.79 Å². The van der Waals surface area contributed by atoms with Crippen LogP contribution in [0.3, 0.4) is 0 Å². The van der Waals surface area contributed by atoms with Crippen molar-refractivity contribution in [1.29, 1.82) is 0 Å². The van der Waals surface area contributed by atoms with Crippen LogP contribution in [0.4, 0.5) is 0 Å². The monoisotopic (exact) mass is 283 g/mol. The Bertz CT molecular complexity index is 446. The first kappa shape index (κ1) is 14.0. The number of hydrogen-bond donors (Lipinski definition) is 1. The highest BCUT2D eigenvalue weighted by molar-refractivity contribution is 7.09. The van der Waals surface area contributed by atoms with Gasteiger partial charge in [-0.05, 0) is 17.9 Å². The lowest BCUT2D eigenvalue weighted by molar-refractivity contribution is -0.150. The van der Waals surface area contributed by atoms with Crippen LogP contribution in [0.25, 0.3) is 0 Å². The summed E-state index contributed by atoms with van der Waals surface area (Å²) in [5, 5.41) is 11.6. The largest absolute Gasteiger partial charge is 0.467 e. The van der Waals surface area contributed by atoms with Gasteiger partial charge in [0.25, 0.3) is 0 Å². The van der Waals surface area contributed by atoms with Gasteiger partial charge in [-0.15, -0.1) is 11.3 Å². The molecule has 1 aliphatic rings. The van der Waals surface area contributed by atoms with E-state index in [1.165, 1.54) is 12.0 Å². The number of aliphatic hydroxyl groups is 1. The molecule has 6 heteroatoms. The minimum atomic E-state index is -0.644.